The third-order valence-corrected chi connectivity index (χ3v) is 4.53. The lowest BCUT2D eigenvalue weighted by atomic mass is 10.1. The lowest BCUT2D eigenvalue weighted by Gasteiger charge is -1.96. The van der Waals surface area contributed by atoms with Crippen LogP contribution >= 0.6 is 27.3 Å². The maximum Gasteiger partial charge on any atom is 0.170 e. The molecule has 2 heterocycles. The first-order valence-corrected chi connectivity index (χ1v) is 7.46. The molecular formula is C15H8BrNOS. The highest BCUT2D eigenvalue weighted by Crippen LogP contribution is 2.35. The van der Waals surface area contributed by atoms with Crippen molar-refractivity contribution in [1.29, 1.82) is 0 Å². The zero-order chi connectivity index (χ0) is 12.8. The van der Waals surface area contributed by atoms with Gasteiger partial charge in [0.2, 0.25) is 0 Å². The third kappa shape index (κ3) is 1.79. The molecule has 0 aliphatic rings. The molecule has 0 N–H and O–H groups in total. The Labute approximate surface area is 121 Å². The Balaban J connectivity index is 2.03. The van der Waals surface area contributed by atoms with Crippen molar-refractivity contribution in [2.24, 2.45) is 0 Å². The van der Waals surface area contributed by atoms with E-state index in [4.69, 9.17) is 9.40 Å². The molecule has 2 aromatic heterocycles. The number of thiazole rings is 1. The van der Waals surface area contributed by atoms with Crippen LogP contribution in [0.5, 0.6) is 0 Å². The third-order valence-electron chi connectivity index (χ3n) is 3.07. The van der Waals surface area contributed by atoms with Gasteiger partial charge >= 0.3 is 0 Å². The number of benzene rings is 2. The summed E-state index contributed by atoms with van der Waals surface area (Å²) in [6, 6.07) is 16.4. The van der Waals surface area contributed by atoms with Gasteiger partial charge in [-0.1, -0.05) is 30.3 Å². The number of hydrogen-bond acceptors (Lipinski definition) is 3. The molecule has 0 aliphatic heterocycles. The monoisotopic (exact) mass is 329 g/mol. The van der Waals surface area contributed by atoms with Gasteiger partial charge in [-0.15, -0.1) is 11.3 Å². The Morgan fingerprint density at radius 3 is 2.74 bits per heavy atom. The van der Waals surface area contributed by atoms with Crippen LogP contribution in [0.3, 0.4) is 0 Å². The molecule has 0 spiro atoms. The van der Waals surface area contributed by atoms with E-state index in [1.165, 1.54) is 15.5 Å². The zero-order valence-electron chi connectivity index (χ0n) is 9.76. The highest BCUT2D eigenvalue weighted by atomic mass is 79.9. The van der Waals surface area contributed by atoms with Crippen LogP contribution in [0.15, 0.2) is 57.6 Å². The highest BCUT2D eigenvalue weighted by Gasteiger charge is 2.11. The van der Waals surface area contributed by atoms with Gasteiger partial charge in [0.15, 0.2) is 15.4 Å². The summed E-state index contributed by atoms with van der Waals surface area (Å²) in [6.45, 7) is 0. The van der Waals surface area contributed by atoms with Crippen LogP contribution in [0.4, 0.5) is 0 Å². The predicted molar refractivity (Wildman–Crippen MR) is 82.5 cm³/mol. The van der Waals surface area contributed by atoms with E-state index in [1.807, 2.05) is 24.3 Å². The second-order valence-electron chi connectivity index (χ2n) is 4.26. The van der Waals surface area contributed by atoms with E-state index in [9.17, 15) is 0 Å². The van der Waals surface area contributed by atoms with E-state index in [-0.39, 0.29) is 0 Å². The molecule has 0 aliphatic carbocycles. The fourth-order valence-electron chi connectivity index (χ4n) is 2.20. The average molecular weight is 330 g/mol. The number of fused-ring (bicyclic) bond motifs is 3. The average Bonchev–Trinajstić information content (AvgIpc) is 3.04. The quantitative estimate of drug-likeness (QED) is 0.462. The Kier molecular flexibility index (Phi) is 2.47. The summed E-state index contributed by atoms with van der Waals surface area (Å²) >= 11 is 4.98. The summed E-state index contributed by atoms with van der Waals surface area (Å²) in [7, 11) is 0. The first kappa shape index (κ1) is 11.2. The van der Waals surface area contributed by atoms with Gasteiger partial charge in [-0.2, -0.15) is 0 Å². The van der Waals surface area contributed by atoms with Crippen molar-refractivity contribution in [2.45, 2.75) is 0 Å². The maximum absolute atomic E-state index is 5.58. The minimum absolute atomic E-state index is 0.728. The van der Waals surface area contributed by atoms with Crippen LogP contribution in [-0.2, 0) is 0 Å². The van der Waals surface area contributed by atoms with Crippen molar-refractivity contribution in [1.82, 2.24) is 4.98 Å². The van der Waals surface area contributed by atoms with E-state index in [0.717, 1.165) is 21.0 Å². The second-order valence-corrected chi connectivity index (χ2v) is 6.07. The number of aromatic nitrogens is 1. The predicted octanol–water partition coefficient (Wildman–Crippen LogP) is 5.47. The number of furan rings is 1. The number of hydrogen-bond donors (Lipinski definition) is 0. The minimum atomic E-state index is 0.728. The molecule has 0 amide bonds. The lowest BCUT2D eigenvalue weighted by molar-refractivity contribution is 0.555. The van der Waals surface area contributed by atoms with Gasteiger partial charge in [-0.25, -0.2) is 4.98 Å². The van der Waals surface area contributed by atoms with E-state index in [0.29, 0.717) is 0 Å². The Morgan fingerprint density at radius 2 is 1.89 bits per heavy atom. The summed E-state index contributed by atoms with van der Waals surface area (Å²) in [5.74, 6) is 0.803. The van der Waals surface area contributed by atoms with Gasteiger partial charge in [0.25, 0.3) is 0 Å². The molecule has 0 saturated carbocycles. The van der Waals surface area contributed by atoms with Gasteiger partial charge in [0, 0.05) is 5.39 Å². The smallest absolute Gasteiger partial charge is 0.170 e. The van der Waals surface area contributed by atoms with Crippen molar-refractivity contribution in [3.8, 4) is 10.8 Å². The van der Waals surface area contributed by atoms with Crippen molar-refractivity contribution < 1.29 is 4.42 Å². The summed E-state index contributed by atoms with van der Waals surface area (Å²) in [5, 5.41) is 3.32. The molecule has 0 atom stereocenters. The fraction of sp³-hybridized carbons (Fsp3) is 0. The molecule has 92 valence electrons. The molecule has 4 aromatic rings. The first-order valence-electron chi connectivity index (χ1n) is 5.85. The summed E-state index contributed by atoms with van der Waals surface area (Å²) in [4.78, 5) is 4.73. The normalized spacial score (nSPS) is 11.4. The summed E-state index contributed by atoms with van der Waals surface area (Å²) in [5.41, 5.74) is 1.05. The van der Waals surface area contributed by atoms with Gasteiger partial charge in [0.05, 0.1) is 10.2 Å². The maximum atomic E-state index is 5.58. The molecule has 4 rings (SSSR count). The van der Waals surface area contributed by atoms with E-state index >= 15 is 0 Å². The molecule has 0 saturated heterocycles. The molecule has 2 nitrogen and oxygen atoms in total. The Morgan fingerprint density at radius 1 is 1.00 bits per heavy atom. The van der Waals surface area contributed by atoms with Crippen LogP contribution in [0.25, 0.3) is 31.8 Å². The molecule has 2 aromatic carbocycles. The molecular weight excluding hydrogens is 322 g/mol. The number of halogens is 1. The van der Waals surface area contributed by atoms with Crippen LogP contribution in [0.2, 0.25) is 0 Å². The molecule has 4 heteroatoms. The van der Waals surface area contributed by atoms with Crippen molar-refractivity contribution >= 4 is 48.3 Å². The summed E-state index contributed by atoms with van der Waals surface area (Å²) < 4.78 is 7.49. The Hall–Kier alpha value is -1.65. The van der Waals surface area contributed by atoms with Gasteiger partial charge in [0.1, 0.15) is 0 Å². The standard InChI is InChI=1S/C15H8BrNOS/c16-13-8-6-11(18-13)15-17-14-10-4-2-1-3-9(10)5-7-12(14)19-15/h1-8H. The van der Waals surface area contributed by atoms with Crippen molar-refractivity contribution in [2.75, 3.05) is 0 Å². The number of nitrogens with zero attached hydrogens (tertiary/aromatic N) is 1. The largest absolute Gasteiger partial charge is 0.447 e. The van der Waals surface area contributed by atoms with E-state index in [2.05, 4.69) is 40.2 Å². The fourth-order valence-corrected chi connectivity index (χ4v) is 3.45. The molecule has 0 radical (unpaired) electrons. The molecule has 0 bridgehead atoms. The topological polar surface area (TPSA) is 26.0 Å². The lowest BCUT2D eigenvalue weighted by Crippen LogP contribution is -1.75. The molecule has 0 fully saturated rings. The Bertz CT molecular complexity index is 893. The van der Waals surface area contributed by atoms with Crippen LogP contribution in [0.1, 0.15) is 0 Å². The first-order chi connectivity index (χ1) is 9.31. The van der Waals surface area contributed by atoms with Crippen LogP contribution < -0.4 is 0 Å². The van der Waals surface area contributed by atoms with E-state index < -0.39 is 0 Å². The van der Waals surface area contributed by atoms with Crippen molar-refractivity contribution in [3.05, 3.63) is 53.2 Å². The number of rotatable bonds is 1. The van der Waals surface area contributed by atoms with Crippen LogP contribution in [0, 0.1) is 0 Å². The molecule has 19 heavy (non-hydrogen) atoms. The summed E-state index contributed by atoms with van der Waals surface area (Å²) in [6.07, 6.45) is 0. The highest BCUT2D eigenvalue weighted by molar-refractivity contribution is 9.10. The van der Waals surface area contributed by atoms with Crippen LogP contribution in [-0.4, -0.2) is 4.98 Å². The van der Waals surface area contributed by atoms with Gasteiger partial charge < -0.3 is 4.42 Å². The van der Waals surface area contributed by atoms with E-state index in [1.54, 1.807) is 11.3 Å². The van der Waals surface area contributed by atoms with Gasteiger partial charge in [-0.3, -0.25) is 0 Å². The zero-order valence-corrected chi connectivity index (χ0v) is 12.2. The molecule has 0 unspecified atom stereocenters. The second kappa shape index (κ2) is 4.18. The SMILES string of the molecule is Brc1ccc(-c2nc3c(ccc4ccccc43)s2)o1. The van der Waals surface area contributed by atoms with Gasteiger partial charge in [-0.05, 0) is 39.5 Å². The minimum Gasteiger partial charge on any atom is -0.447 e. The van der Waals surface area contributed by atoms with Crippen molar-refractivity contribution in [3.63, 3.8) is 0 Å².